The molecule has 0 radical (unpaired) electrons. The molecule has 26 heavy (non-hydrogen) atoms. The number of hydrogen-bond acceptors (Lipinski definition) is 4. The minimum Gasteiger partial charge on any atom is -0.465 e. The van der Waals surface area contributed by atoms with Crippen LogP contribution >= 0.6 is 11.6 Å². The van der Waals surface area contributed by atoms with E-state index in [0.717, 1.165) is 17.7 Å². The van der Waals surface area contributed by atoms with Crippen LogP contribution in [0.4, 0.5) is 10.5 Å². The number of hydrogen-bond donors (Lipinski definition) is 3. The standard InChI is InChI=1S/C19H26ClN3O3/c1-12-14(8-7-13(10-21)16(12)20)22-11-19(9-5-6-15(19)24)23(17(25)26)18(2,3)4/h7-8,15,22,24H,5-6,9,11H2,1-4H3,(H,25,26). The first kappa shape index (κ1) is 20.3. The van der Waals surface area contributed by atoms with Crippen LogP contribution in [-0.2, 0) is 0 Å². The maximum Gasteiger partial charge on any atom is 0.408 e. The topological polar surface area (TPSA) is 96.6 Å². The number of aliphatic hydroxyl groups excluding tert-OH is 1. The normalized spacial score (nSPS) is 22.7. The zero-order valence-corrected chi connectivity index (χ0v) is 16.4. The first-order valence-electron chi connectivity index (χ1n) is 8.69. The average Bonchev–Trinajstić information content (AvgIpc) is 2.88. The van der Waals surface area contributed by atoms with E-state index in [4.69, 9.17) is 16.9 Å². The third-order valence-electron chi connectivity index (χ3n) is 5.11. The molecule has 1 fully saturated rings. The predicted octanol–water partition coefficient (Wildman–Crippen LogP) is 3.99. The van der Waals surface area contributed by atoms with E-state index in [1.165, 1.54) is 4.90 Å². The number of anilines is 1. The summed E-state index contributed by atoms with van der Waals surface area (Å²) in [5, 5.41) is 33.3. The lowest BCUT2D eigenvalue weighted by molar-refractivity contribution is -0.0366. The Morgan fingerprint density at radius 1 is 1.50 bits per heavy atom. The fraction of sp³-hybridized carbons (Fsp3) is 0.579. The van der Waals surface area contributed by atoms with Crippen molar-refractivity contribution in [3.05, 3.63) is 28.3 Å². The maximum atomic E-state index is 12.0. The summed E-state index contributed by atoms with van der Waals surface area (Å²) in [7, 11) is 0. The van der Waals surface area contributed by atoms with Crippen molar-refractivity contribution in [2.24, 2.45) is 0 Å². The van der Waals surface area contributed by atoms with Gasteiger partial charge in [0.25, 0.3) is 0 Å². The molecule has 1 aliphatic rings. The molecule has 0 aromatic heterocycles. The van der Waals surface area contributed by atoms with Crippen molar-refractivity contribution >= 4 is 23.4 Å². The SMILES string of the molecule is Cc1c(NCC2(N(C(=O)O)C(C)(C)C)CCCC2O)ccc(C#N)c1Cl. The molecule has 1 saturated carbocycles. The number of carboxylic acid groups (broad SMARTS) is 1. The highest BCUT2D eigenvalue weighted by Crippen LogP contribution is 2.40. The summed E-state index contributed by atoms with van der Waals surface area (Å²) in [4.78, 5) is 13.4. The Morgan fingerprint density at radius 3 is 2.62 bits per heavy atom. The third kappa shape index (κ3) is 3.60. The van der Waals surface area contributed by atoms with Crippen LogP contribution in [0.15, 0.2) is 12.1 Å². The van der Waals surface area contributed by atoms with Gasteiger partial charge in [0.15, 0.2) is 0 Å². The summed E-state index contributed by atoms with van der Waals surface area (Å²) < 4.78 is 0. The van der Waals surface area contributed by atoms with Crippen LogP contribution in [0.3, 0.4) is 0 Å². The second-order valence-electron chi connectivity index (χ2n) is 7.87. The quantitative estimate of drug-likeness (QED) is 0.734. The average molecular weight is 380 g/mol. The van der Waals surface area contributed by atoms with Crippen molar-refractivity contribution in [3.63, 3.8) is 0 Å². The molecule has 2 unspecified atom stereocenters. The second-order valence-corrected chi connectivity index (χ2v) is 8.24. The summed E-state index contributed by atoms with van der Waals surface area (Å²) in [6.07, 6.45) is 0.104. The van der Waals surface area contributed by atoms with E-state index in [0.29, 0.717) is 23.4 Å². The van der Waals surface area contributed by atoms with E-state index in [9.17, 15) is 15.0 Å². The van der Waals surface area contributed by atoms with Gasteiger partial charge in [-0.25, -0.2) is 4.79 Å². The molecule has 1 aromatic carbocycles. The van der Waals surface area contributed by atoms with E-state index in [1.54, 1.807) is 12.1 Å². The minimum atomic E-state index is -1.05. The van der Waals surface area contributed by atoms with E-state index < -0.39 is 23.3 Å². The maximum absolute atomic E-state index is 12.0. The first-order chi connectivity index (χ1) is 12.0. The van der Waals surface area contributed by atoms with Crippen LogP contribution in [-0.4, -0.2) is 44.9 Å². The van der Waals surface area contributed by atoms with Gasteiger partial charge >= 0.3 is 6.09 Å². The van der Waals surface area contributed by atoms with E-state index in [1.807, 2.05) is 33.8 Å². The van der Waals surface area contributed by atoms with Crippen LogP contribution in [0.5, 0.6) is 0 Å². The molecule has 1 aromatic rings. The Hall–Kier alpha value is -1.97. The molecule has 7 heteroatoms. The van der Waals surface area contributed by atoms with Gasteiger partial charge in [-0.05, 0) is 64.7 Å². The minimum absolute atomic E-state index is 0.265. The molecule has 0 spiro atoms. The molecular weight excluding hydrogens is 354 g/mol. The Morgan fingerprint density at radius 2 is 2.15 bits per heavy atom. The van der Waals surface area contributed by atoms with Crippen LogP contribution in [0.2, 0.25) is 5.02 Å². The van der Waals surface area contributed by atoms with Gasteiger partial charge in [0.1, 0.15) is 6.07 Å². The van der Waals surface area contributed by atoms with Crippen molar-refractivity contribution < 1.29 is 15.0 Å². The molecule has 142 valence electrons. The smallest absolute Gasteiger partial charge is 0.408 e. The number of rotatable bonds is 4. The number of nitrogens with zero attached hydrogens (tertiary/aromatic N) is 2. The third-order valence-corrected chi connectivity index (χ3v) is 5.59. The van der Waals surface area contributed by atoms with Crippen molar-refractivity contribution in [1.29, 1.82) is 5.26 Å². The monoisotopic (exact) mass is 379 g/mol. The zero-order valence-electron chi connectivity index (χ0n) is 15.6. The van der Waals surface area contributed by atoms with Crippen molar-refractivity contribution in [3.8, 4) is 6.07 Å². The number of nitriles is 1. The van der Waals surface area contributed by atoms with Gasteiger partial charge in [-0.15, -0.1) is 0 Å². The fourth-order valence-corrected chi connectivity index (χ4v) is 4.15. The van der Waals surface area contributed by atoms with E-state index >= 15 is 0 Å². The lowest BCUT2D eigenvalue weighted by Crippen LogP contribution is -2.65. The lowest BCUT2D eigenvalue weighted by Gasteiger charge is -2.49. The Bertz CT molecular complexity index is 739. The second kappa shape index (κ2) is 7.34. The molecule has 0 saturated heterocycles. The molecule has 2 atom stereocenters. The molecule has 3 N–H and O–H groups in total. The molecule has 1 amide bonds. The summed E-state index contributed by atoms with van der Waals surface area (Å²) >= 11 is 6.23. The molecule has 1 aliphatic carbocycles. The molecule has 6 nitrogen and oxygen atoms in total. The summed E-state index contributed by atoms with van der Waals surface area (Å²) in [6.45, 7) is 7.57. The van der Waals surface area contributed by atoms with Gasteiger partial charge in [-0.1, -0.05) is 11.6 Å². The highest BCUT2D eigenvalue weighted by Gasteiger charge is 2.52. The van der Waals surface area contributed by atoms with Crippen molar-refractivity contribution in [2.75, 3.05) is 11.9 Å². The van der Waals surface area contributed by atoms with Gasteiger partial charge in [0.2, 0.25) is 0 Å². The van der Waals surface area contributed by atoms with Gasteiger partial charge < -0.3 is 15.5 Å². The molecule has 0 heterocycles. The molecule has 0 bridgehead atoms. The van der Waals surface area contributed by atoms with Crippen LogP contribution in [0, 0.1) is 18.3 Å². The number of benzene rings is 1. The van der Waals surface area contributed by atoms with Crippen molar-refractivity contribution in [1.82, 2.24) is 4.90 Å². The van der Waals surface area contributed by atoms with Crippen LogP contribution < -0.4 is 5.32 Å². The van der Waals surface area contributed by atoms with Gasteiger partial charge in [-0.3, -0.25) is 4.90 Å². The first-order valence-corrected chi connectivity index (χ1v) is 9.07. The largest absolute Gasteiger partial charge is 0.465 e. The summed E-state index contributed by atoms with van der Waals surface area (Å²) in [5.41, 5.74) is 0.275. The summed E-state index contributed by atoms with van der Waals surface area (Å²) in [6, 6.07) is 5.44. The zero-order chi connectivity index (χ0) is 19.7. The number of aliphatic hydroxyl groups is 1. The van der Waals surface area contributed by atoms with E-state index in [-0.39, 0.29) is 6.54 Å². The summed E-state index contributed by atoms with van der Waals surface area (Å²) in [5.74, 6) is 0. The lowest BCUT2D eigenvalue weighted by atomic mass is 9.87. The van der Waals surface area contributed by atoms with Gasteiger partial charge in [0.05, 0.1) is 22.2 Å². The Labute approximate surface area is 159 Å². The highest BCUT2D eigenvalue weighted by molar-refractivity contribution is 6.32. The van der Waals surface area contributed by atoms with Crippen LogP contribution in [0.25, 0.3) is 0 Å². The van der Waals surface area contributed by atoms with Gasteiger partial charge in [-0.2, -0.15) is 5.26 Å². The predicted molar refractivity (Wildman–Crippen MR) is 102 cm³/mol. The molecule has 2 rings (SSSR count). The Kier molecular flexibility index (Phi) is 5.74. The fourth-order valence-electron chi connectivity index (χ4n) is 3.94. The Balaban J connectivity index is 2.38. The van der Waals surface area contributed by atoms with Crippen LogP contribution in [0.1, 0.15) is 51.2 Å². The number of carbonyl (C=O) groups is 1. The number of halogens is 1. The molecule has 0 aliphatic heterocycles. The number of amides is 1. The highest BCUT2D eigenvalue weighted by atomic mass is 35.5. The number of nitrogens with one attached hydrogen (secondary N) is 1. The van der Waals surface area contributed by atoms with E-state index in [2.05, 4.69) is 5.32 Å². The van der Waals surface area contributed by atoms with Crippen molar-refractivity contribution in [2.45, 2.75) is 64.1 Å². The molecular formula is C19H26ClN3O3. The van der Waals surface area contributed by atoms with Gasteiger partial charge in [0, 0.05) is 17.8 Å².